The average Bonchev–Trinajstić information content (AvgIpc) is 2.45. The van der Waals surface area contributed by atoms with Crippen LogP contribution in [-0.4, -0.2) is 18.1 Å². The summed E-state index contributed by atoms with van der Waals surface area (Å²) >= 11 is 0. The molecule has 3 heteroatoms. The molecule has 20 heavy (non-hydrogen) atoms. The number of para-hydroxylation sites is 1. The normalized spacial score (nSPS) is 11.9. The number of hydrogen-bond donors (Lipinski definition) is 1. The highest BCUT2D eigenvalue weighted by Crippen LogP contribution is 2.28. The zero-order chi connectivity index (χ0) is 14.5. The molecular formula is C17H19NO2. The minimum atomic E-state index is -0.792. The highest BCUT2D eigenvalue weighted by molar-refractivity contribution is 5.69. The summed E-state index contributed by atoms with van der Waals surface area (Å²) in [5, 5.41) is 9.18. The van der Waals surface area contributed by atoms with Gasteiger partial charge in [0.1, 0.15) is 0 Å². The first-order chi connectivity index (χ1) is 9.58. The maximum Gasteiger partial charge on any atom is 0.305 e. The summed E-state index contributed by atoms with van der Waals surface area (Å²) in [5.41, 5.74) is 3.18. The molecule has 0 bridgehead atoms. The van der Waals surface area contributed by atoms with Crippen molar-refractivity contribution in [1.82, 2.24) is 0 Å². The quantitative estimate of drug-likeness (QED) is 0.900. The van der Waals surface area contributed by atoms with Crippen LogP contribution in [0.3, 0.4) is 0 Å². The number of benzene rings is 2. The summed E-state index contributed by atoms with van der Waals surface area (Å²) in [5.74, 6) is -0.792. The van der Waals surface area contributed by atoms with Gasteiger partial charge in [-0.05, 0) is 24.6 Å². The van der Waals surface area contributed by atoms with Crippen molar-refractivity contribution in [1.29, 1.82) is 0 Å². The van der Waals surface area contributed by atoms with Gasteiger partial charge in [0, 0.05) is 12.7 Å². The highest BCUT2D eigenvalue weighted by Gasteiger charge is 2.20. The van der Waals surface area contributed by atoms with Crippen LogP contribution in [-0.2, 0) is 4.79 Å². The lowest BCUT2D eigenvalue weighted by Crippen LogP contribution is -2.26. The molecule has 2 aromatic rings. The Morgan fingerprint density at radius 3 is 2.45 bits per heavy atom. The molecule has 1 unspecified atom stereocenters. The van der Waals surface area contributed by atoms with E-state index in [-0.39, 0.29) is 12.5 Å². The summed E-state index contributed by atoms with van der Waals surface area (Å²) in [6.45, 7) is 2.02. The molecule has 0 aliphatic heterocycles. The fraction of sp³-hybridized carbons (Fsp3) is 0.235. The Kier molecular flexibility index (Phi) is 4.41. The second-order valence-electron chi connectivity index (χ2n) is 4.97. The van der Waals surface area contributed by atoms with Crippen LogP contribution >= 0.6 is 0 Å². The van der Waals surface area contributed by atoms with Crippen molar-refractivity contribution in [3.63, 3.8) is 0 Å². The van der Waals surface area contributed by atoms with Crippen molar-refractivity contribution >= 4 is 11.7 Å². The standard InChI is InChI=1S/C17H19NO2/c1-13-7-6-8-14(11-13)16(12-17(19)20)18(2)15-9-4-3-5-10-15/h3-11,16H,12H2,1-2H3,(H,19,20). The number of carbonyl (C=O) groups is 1. The van der Waals surface area contributed by atoms with Gasteiger partial charge in [-0.25, -0.2) is 0 Å². The van der Waals surface area contributed by atoms with Gasteiger partial charge in [-0.3, -0.25) is 4.79 Å². The molecule has 104 valence electrons. The Morgan fingerprint density at radius 1 is 1.15 bits per heavy atom. The Labute approximate surface area is 119 Å². The summed E-state index contributed by atoms with van der Waals surface area (Å²) in [6.07, 6.45) is 0.0782. The molecule has 0 spiro atoms. The second-order valence-corrected chi connectivity index (χ2v) is 4.97. The van der Waals surface area contributed by atoms with Gasteiger partial charge in [-0.15, -0.1) is 0 Å². The first-order valence-corrected chi connectivity index (χ1v) is 6.64. The Hall–Kier alpha value is -2.29. The molecule has 1 N–H and O–H groups in total. The lowest BCUT2D eigenvalue weighted by Gasteiger charge is -2.29. The van der Waals surface area contributed by atoms with E-state index in [1.165, 1.54) is 0 Å². The van der Waals surface area contributed by atoms with Crippen molar-refractivity contribution < 1.29 is 9.90 Å². The predicted octanol–water partition coefficient (Wildman–Crippen LogP) is 3.65. The van der Waals surface area contributed by atoms with Crippen molar-refractivity contribution in [2.24, 2.45) is 0 Å². The van der Waals surface area contributed by atoms with Crippen molar-refractivity contribution in [2.45, 2.75) is 19.4 Å². The molecule has 0 heterocycles. The molecule has 0 fully saturated rings. The van der Waals surface area contributed by atoms with Crippen LogP contribution in [0.5, 0.6) is 0 Å². The third-order valence-electron chi connectivity index (χ3n) is 3.43. The fourth-order valence-corrected chi connectivity index (χ4v) is 2.36. The van der Waals surface area contributed by atoms with E-state index in [2.05, 4.69) is 0 Å². The Balaban J connectivity index is 2.35. The summed E-state index contributed by atoms with van der Waals surface area (Å²) in [7, 11) is 1.94. The van der Waals surface area contributed by atoms with Gasteiger partial charge in [0.15, 0.2) is 0 Å². The van der Waals surface area contributed by atoms with Gasteiger partial charge in [0.25, 0.3) is 0 Å². The molecule has 0 saturated carbocycles. The van der Waals surface area contributed by atoms with Gasteiger partial charge in [-0.2, -0.15) is 0 Å². The molecule has 3 nitrogen and oxygen atoms in total. The van der Waals surface area contributed by atoms with Crippen molar-refractivity contribution in [3.05, 3.63) is 65.7 Å². The van der Waals surface area contributed by atoms with E-state index in [4.69, 9.17) is 0 Å². The van der Waals surface area contributed by atoms with E-state index in [0.717, 1.165) is 16.8 Å². The molecule has 2 rings (SSSR count). The molecule has 2 aromatic carbocycles. The van der Waals surface area contributed by atoms with Crippen LogP contribution in [0.2, 0.25) is 0 Å². The minimum Gasteiger partial charge on any atom is -0.481 e. The summed E-state index contributed by atoms with van der Waals surface area (Å²) in [4.78, 5) is 13.2. The summed E-state index contributed by atoms with van der Waals surface area (Å²) in [6, 6.07) is 17.7. The van der Waals surface area contributed by atoms with E-state index in [9.17, 15) is 9.90 Å². The first kappa shape index (κ1) is 14.1. The monoisotopic (exact) mass is 269 g/mol. The largest absolute Gasteiger partial charge is 0.481 e. The van der Waals surface area contributed by atoms with Crippen LogP contribution in [0.15, 0.2) is 54.6 Å². The number of carboxylic acid groups (broad SMARTS) is 1. The third-order valence-corrected chi connectivity index (χ3v) is 3.43. The maximum absolute atomic E-state index is 11.2. The number of carboxylic acids is 1. The van der Waals surface area contributed by atoms with E-state index in [0.29, 0.717) is 0 Å². The molecular weight excluding hydrogens is 250 g/mol. The Morgan fingerprint density at radius 2 is 1.85 bits per heavy atom. The molecule has 0 aromatic heterocycles. The topological polar surface area (TPSA) is 40.5 Å². The summed E-state index contributed by atoms with van der Waals surface area (Å²) < 4.78 is 0. The zero-order valence-electron chi connectivity index (χ0n) is 11.8. The molecule has 0 aliphatic carbocycles. The average molecular weight is 269 g/mol. The molecule has 0 radical (unpaired) electrons. The van der Waals surface area contributed by atoms with Crippen LogP contribution in [0.25, 0.3) is 0 Å². The van der Waals surface area contributed by atoms with Crippen LogP contribution in [0.4, 0.5) is 5.69 Å². The zero-order valence-corrected chi connectivity index (χ0v) is 11.8. The van der Waals surface area contributed by atoms with E-state index < -0.39 is 5.97 Å². The van der Waals surface area contributed by atoms with Gasteiger partial charge >= 0.3 is 5.97 Å². The number of aliphatic carboxylic acids is 1. The van der Waals surface area contributed by atoms with Crippen LogP contribution in [0.1, 0.15) is 23.6 Å². The van der Waals surface area contributed by atoms with Gasteiger partial charge in [0.05, 0.1) is 12.5 Å². The lowest BCUT2D eigenvalue weighted by atomic mass is 10.00. The number of hydrogen-bond acceptors (Lipinski definition) is 2. The number of anilines is 1. The van der Waals surface area contributed by atoms with Gasteiger partial charge in [-0.1, -0.05) is 48.0 Å². The third kappa shape index (κ3) is 3.38. The first-order valence-electron chi connectivity index (χ1n) is 6.64. The van der Waals surface area contributed by atoms with Gasteiger partial charge in [0.2, 0.25) is 0 Å². The van der Waals surface area contributed by atoms with Crippen LogP contribution in [0, 0.1) is 6.92 Å². The van der Waals surface area contributed by atoms with E-state index >= 15 is 0 Å². The van der Waals surface area contributed by atoms with Crippen LogP contribution < -0.4 is 4.90 Å². The number of rotatable bonds is 5. The van der Waals surface area contributed by atoms with Crippen molar-refractivity contribution in [3.8, 4) is 0 Å². The lowest BCUT2D eigenvalue weighted by molar-refractivity contribution is -0.137. The molecule has 1 atom stereocenters. The minimum absolute atomic E-state index is 0.0782. The SMILES string of the molecule is Cc1cccc(C(CC(=O)O)N(C)c2ccccc2)c1. The molecule has 0 saturated heterocycles. The molecule has 0 amide bonds. The highest BCUT2D eigenvalue weighted by atomic mass is 16.4. The predicted molar refractivity (Wildman–Crippen MR) is 81.0 cm³/mol. The molecule has 0 aliphatic rings. The van der Waals surface area contributed by atoms with Crippen molar-refractivity contribution in [2.75, 3.05) is 11.9 Å². The van der Waals surface area contributed by atoms with E-state index in [1.54, 1.807) is 0 Å². The van der Waals surface area contributed by atoms with E-state index in [1.807, 2.05) is 73.5 Å². The number of nitrogens with zero attached hydrogens (tertiary/aromatic N) is 1. The number of aryl methyl sites for hydroxylation is 1. The second kappa shape index (κ2) is 6.24. The Bertz CT molecular complexity index is 581. The smallest absolute Gasteiger partial charge is 0.305 e. The maximum atomic E-state index is 11.2. The van der Waals surface area contributed by atoms with Gasteiger partial charge < -0.3 is 10.0 Å². The fourth-order valence-electron chi connectivity index (χ4n) is 2.36.